The summed E-state index contributed by atoms with van der Waals surface area (Å²) in [6.45, 7) is 15.4. The van der Waals surface area contributed by atoms with Gasteiger partial charge in [0.1, 0.15) is 0 Å². The van der Waals surface area contributed by atoms with Crippen LogP contribution in [-0.2, 0) is 14.8 Å². The third-order valence-electron chi connectivity index (χ3n) is 5.83. The zero-order chi connectivity index (χ0) is 21.1. The first kappa shape index (κ1) is 26.4. The number of amides is 1. The highest BCUT2D eigenvalue weighted by atomic mass is 32.2. The van der Waals surface area contributed by atoms with Gasteiger partial charge in [-0.1, -0.05) is 67.2 Å². The van der Waals surface area contributed by atoms with Crippen molar-refractivity contribution in [1.82, 2.24) is 10.0 Å². The molecule has 0 spiro atoms. The number of rotatable bonds is 15. The lowest BCUT2D eigenvalue weighted by Crippen LogP contribution is -2.40. The lowest BCUT2D eigenvalue weighted by atomic mass is 9.73. The van der Waals surface area contributed by atoms with Gasteiger partial charge in [0, 0.05) is 20.0 Å². The highest BCUT2D eigenvalue weighted by molar-refractivity contribution is 7.89. The molecule has 0 aromatic carbocycles. The van der Waals surface area contributed by atoms with Gasteiger partial charge < -0.3 is 5.32 Å². The molecule has 0 saturated carbocycles. The van der Waals surface area contributed by atoms with E-state index < -0.39 is 10.0 Å². The van der Waals surface area contributed by atoms with Crippen molar-refractivity contribution in [2.75, 3.05) is 18.8 Å². The minimum atomic E-state index is -3.28. The zero-order valence-electron chi connectivity index (χ0n) is 18.8. The van der Waals surface area contributed by atoms with Crippen molar-refractivity contribution in [1.29, 1.82) is 0 Å². The predicted octanol–water partition coefficient (Wildman–Crippen LogP) is 4.48. The van der Waals surface area contributed by atoms with E-state index in [0.717, 1.165) is 38.5 Å². The molecule has 0 aliphatic carbocycles. The van der Waals surface area contributed by atoms with Gasteiger partial charge in [0.15, 0.2) is 0 Å². The molecule has 27 heavy (non-hydrogen) atoms. The van der Waals surface area contributed by atoms with Crippen LogP contribution >= 0.6 is 0 Å². The Morgan fingerprint density at radius 2 is 1.56 bits per heavy atom. The number of carbonyl (C=O) groups excluding carboxylic acids is 1. The van der Waals surface area contributed by atoms with Gasteiger partial charge in [-0.2, -0.15) is 0 Å². The molecule has 0 bridgehead atoms. The molecule has 162 valence electrons. The molecule has 0 aromatic rings. The van der Waals surface area contributed by atoms with Crippen molar-refractivity contribution >= 4 is 15.9 Å². The standard InChI is InChI=1S/C21H44N2O3S/c1-8-10-13-20(5,6)16-23-27(25,26)15-12-18(3)21(7,14-11-9-2)17-22-19(4)24/h18,23H,8-17H2,1-7H3,(H,22,24). The van der Waals surface area contributed by atoms with Crippen LogP contribution in [-0.4, -0.2) is 33.2 Å². The van der Waals surface area contributed by atoms with Gasteiger partial charge in [0.2, 0.25) is 15.9 Å². The van der Waals surface area contributed by atoms with Gasteiger partial charge in [-0.25, -0.2) is 13.1 Å². The zero-order valence-corrected chi connectivity index (χ0v) is 19.6. The van der Waals surface area contributed by atoms with E-state index in [9.17, 15) is 13.2 Å². The van der Waals surface area contributed by atoms with E-state index in [0.29, 0.717) is 19.5 Å². The Morgan fingerprint density at radius 3 is 2.07 bits per heavy atom. The largest absolute Gasteiger partial charge is 0.356 e. The number of carbonyl (C=O) groups is 1. The molecular formula is C21H44N2O3S. The fourth-order valence-electron chi connectivity index (χ4n) is 3.22. The van der Waals surface area contributed by atoms with Gasteiger partial charge >= 0.3 is 0 Å². The summed E-state index contributed by atoms with van der Waals surface area (Å²) >= 11 is 0. The molecule has 0 aromatic heterocycles. The van der Waals surface area contributed by atoms with E-state index in [1.165, 1.54) is 6.92 Å². The molecular weight excluding hydrogens is 360 g/mol. The van der Waals surface area contributed by atoms with Gasteiger partial charge in [-0.15, -0.1) is 0 Å². The monoisotopic (exact) mass is 404 g/mol. The van der Waals surface area contributed by atoms with E-state index in [1.807, 2.05) is 0 Å². The first-order chi connectivity index (χ1) is 12.4. The minimum absolute atomic E-state index is 0.0181. The van der Waals surface area contributed by atoms with E-state index in [-0.39, 0.29) is 28.4 Å². The Labute approximate surface area is 168 Å². The van der Waals surface area contributed by atoms with Crippen molar-refractivity contribution in [2.24, 2.45) is 16.7 Å². The molecule has 0 aliphatic heterocycles. The molecule has 0 aliphatic rings. The number of nitrogens with one attached hydrogen (secondary N) is 2. The van der Waals surface area contributed by atoms with Crippen molar-refractivity contribution in [2.45, 2.75) is 93.4 Å². The second kappa shape index (κ2) is 12.1. The molecule has 2 atom stereocenters. The Hall–Kier alpha value is -0.620. The van der Waals surface area contributed by atoms with Crippen LogP contribution in [0.3, 0.4) is 0 Å². The lowest BCUT2D eigenvalue weighted by Gasteiger charge is -2.36. The second-order valence-corrected chi connectivity index (χ2v) is 11.2. The molecule has 6 heteroatoms. The summed E-state index contributed by atoms with van der Waals surface area (Å²) in [5, 5.41) is 2.93. The summed E-state index contributed by atoms with van der Waals surface area (Å²) in [4.78, 5) is 11.3. The molecule has 2 unspecified atom stereocenters. The molecule has 1 amide bonds. The summed E-state index contributed by atoms with van der Waals surface area (Å²) in [5.74, 6) is 0.314. The summed E-state index contributed by atoms with van der Waals surface area (Å²) in [5.41, 5.74) is -0.104. The number of sulfonamides is 1. The summed E-state index contributed by atoms with van der Waals surface area (Å²) in [6, 6.07) is 0. The van der Waals surface area contributed by atoms with E-state index in [2.05, 4.69) is 51.6 Å². The summed E-state index contributed by atoms with van der Waals surface area (Å²) in [6.07, 6.45) is 7.02. The van der Waals surface area contributed by atoms with Gasteiger partial charge in [0.05, 0.1) is 5.75 Å². The maximum absolute atomic E-state index is 12.5. The average molecular weight is 405 g/mol. The number of unbranched alkanes of at least 4 members (excludes halogenated alkanes) is 2. The van der Waals surface area contributed by atoms with Crippen LogP contribution < -0.4 is 10.0 Å². The fourth-order valence-corrected chi connectivity index (χ4v) is 4.64. The average Bonchev–Trinajstić information content (AvgIpc) is 2.59. The number of hydrogen-bond acceptors (Lipinski definition) is 3. The van der Waals surface area contributed by atoms with Crippen molar-refractivity contribution in [3.05, 3.63) is 0 Å². The maximum Gasteiger partial charge on any atom is 0.216 e. The van der Waals surface area contributed by atoms with Crippen LogP contribution in [0.15, 0.2) is 0 Å². The van der Waals surface area contributed by atoms with Crippen LogP contribution in [0.25, 0.3) is 0 Å². The van der Waals surface area contributed by atoms with Gasteiger partial charge in [-0.05, 0) is 36.0 Å². The van der Waals surface area contributed by atoms with E-state index >= 15 is 0 Å². The first-order valence-electron chi connectivity index (χ1n) is 10.6. The minimum Gasteiger partial charge on any atom is -0.356 e. The Balaban J connectivity index is 4.74. The van der Waals surface area contributed by atoms with Crippen molar-refractivity contribution in [3.63, 3.8) is 0 Å². The third-order valence-corrected chi connectivity index (χ3v) is 7.19. The molecule has 0 radical (unpaired) electrons. The molecule has 0 saturated heterocycles. The van der Waals surface area contributed by atoms with Crippen LogP contribution in [0, 0.1) is 16.7 Å². The smallest absolute Gasteiger partial charge is 0.216 e. The Bertz CT molecular complexity index is 532. The van der Waals surface area contributed by atoms with Crippen molar-refractivity contribution < 1.29 is 13.2 Å². The third kappa shape index (κ3) is 11.7. The summed E-state index contributed by atoms with van der Waals surface area (Å²) in [7, 11) is -3.28. The normalized spacial score (nSPS) is 16.0. The van der Waals surface area contributed by atoms with Crippen molar-refractivity contribution in [3.8, 4) is 0 Å². The fraction of sp³-hybridized carbons (Fsp3) is 0.952. The molecule has 0 heterocycles. The molecule has 0 fully saturated rings. The van der Waals surface area contributed by atoms with Gasteiger partial charge in [-0.3, -0.25) is 4.79 Å². The highest BCUT2D eigenvalue weighted by Gasteiger charge is 2.32. The maximum atomic E-state index is 12.5. The summed E-state index contributed by atoms with van der Waals surface area (Å²) < 4.78 is 27.8. The number of hydrogen-bond donors (Lipinski definition) is 2. The van der Waals surface area contributed by atoms with Crippen LogP contribution in [0.5, 0.6) is 0 Å². The Kier molecular flexibility index (Phi) is 11.8. The lowest BCUT2D eigenvalue weighted by molar-refractivity contribution is -0.119. The SMILES string of the molecule is CCCCC(C)(C)CNS(=O)(=O)CCC(C)C(C)(CCCC)CNC(C)=O. The van der Waals surface area contributed by atoms with Crippen LogP contribution in [0.4, 0.5) is 0 Å². The topological polar surface area (TPSA) is 75.3 Å². The predicted molar refractivity (Wildman–Crippen MR) is 115 cm³/mol. The Morgan fingerprint density at radius 1 is 1.00 bits per heavy atom. The van der Waals surface area contributed by atoms with E-state index in [4.69, 9.17) is 0 Å². The molecule has 0 rings (SSSR count). The van der Waals surface area contributed by atoms with Crippen LogP contribution in [0.1, 0.15) is 93.4 Å². The van der Waals surface area contributed by atoms with Gasteiger partial charge in [0.25, 0.3) is 0 Å². The van der Waals surface area contributed by atoms with E-state index in [1.54, 1.807) is 0 Å². The molecule has 2 N–H and O–H groups in total. The first-order valence-corrected chi connectivity index (χ1v) is 12.2. The van der Waals surface area contributed by atoms with Crippen LogP contribution in [0.2, 0.25) is 0 Å². The quantitative estimate of drug-likeness (QED) is 0.422. The molecule has 5 nitrogen and oxygen atoms in total. The second-order valence-electron chi connectivity index (χ2n) is 9.26. The highest BCUT2D eigenvalue weighted by Crippen LogP contribution is 2.35.